The van der Waals surface area contributed by atoms with Crippen LogP contribution in [0.4, 0.5) is 4.79 Å². The molecule has 5 nitrogen and oxygen atoms in total. The second kappa shape index (κ2) is 5.87. The van der Waals surface area contributed by atoms with Crippen molar-refractivity contribution in [2.75, 3.05) is 13.1 Å². The zero-order chi connectivity index (χ0) is 16.6. The first-order valence-electron chi connectivity index (χ1n) is 8.25. The fourth-order valence-electron chi connectivity index (χ4n) is 3.35. The van der Waals surface area contributed by atoms with E-state index in [1.165, 1.54) is 11.1 Å². The van der Waals surface area contributed by atoms with Crippen molar-refractivity contribution in [1.82, 2.24) is 10.2 Å². The van der Waals surface area contributed by atoms with Crippen LogP contribution >= 0.6 is 0 Å². The monoisotopic (exact) mass is 316 g/mol. The van der Waals surface area contributed by atoms with Crippen molar-refractivity contribution in [3.63, 3.8) is 0 Å². The van der Waals surface area contributed by atoms with E-state index in [0.717, 1.165) is 12.8 Å². The van der Waals surface area contributed by atoms with Gasteiger partial charge in [-0.3, -0.25) is 4.79 Å². The van der Waals surface area contributed by atoms with Crippen LogP contribution in [0.15, 0.2) is 24.3 Å². The molecule has 2 unspecified atom stereocenters. The van der Waals surface area contributed by atoms with E-state index in [2.05, 4.69) is 24.4 Å². The molecule has 0 radical (unpaired) electrons. The van der Waals surface area contributed by atoms with Gasteiger partial charge in [0.2, 0.25) is 0 Å². The Hall–Kier alpha value is -2.04. The fourth-order valence-corrected chi connectivity index (χ4v) is 3.35. The number of nitrogens with zero attached hydrogens (tertiary/aromatic N) is 1. The minimum absolute atomic E-state index is 0.0281. The molecule has 1 aromatic rings. The van der Waals surface area contributed by atoms with Crippen LogP contribution in [-0.4, -0.2) is 35.1 Å². The zero-order valence-corrected chi connectivity index (χ0v) is 13.7. The van der Waals surface area contributed by atoms with E-state index in [0.29, 0.717) is 18.9 Å². The lowest BCUT2D eigenvalue weighted by Crippen LogP contribution is -2.43. The maximum absolute atomic E-state index is 12.6. The zero-order valence-electron chi connectivity index (χ0n) is 13.7. The number of benzene rings is 1. The van der Waals surface area contributed by atoms with E-state index >= 15 is 0 Å². The van der Waals surface area contributed by atoms with E-state index in [1.54, 1.807) is 11.8 Å². The number of carbonyl (C=O) groups is 2. The highest BCUT2D eigenvalue weighted by Crippen LogP contribution is 2.42. The van der Waals surface area contributed by atoms with Gasteiger partial charge in [0.1, 0.15) is 0 Å². The summed E-state index contributed by atoms with van der Waals surface area (Å²) in [6.07, 6.45) is 2.77. The Morgan fingerprint density at radius 1 is 1.35 bits per heavy atom. The van der Waals surface area contributed by atoms with Gasteiger partial charge in [-0.1, -0.05) is 24.3 Å². The van der Waals surface area contributed by atoms with Crippen molar-refractivity contribution < 1.29 is 14.7 Å². The highest BCUT2D eigenvalue weighted by atomic mass is 16.4. The van der Waals surface area contributed by atoms with E-state index in [4.69, 9.17) is 0 Å². The van der Waals surface area contributed by atoms with Crippen LogP contribution in [0, 0.1) is 18.3 Å². The molecule has 3 rings (SSSR count). The molecule has 1 heterocycles. The van der Waals surface area contributed by atoms with Crippen LogP contribution in [-0.2, 0) is 4.79 Å². The third-order valence-corrected chi connectivity index (χ3v) is 5.17. The van der Waals surface area contributed by atoms with Crippen LogP contribution in [0.1, 0.15) is 43.4 Å². The third-order valence-electron chi connectivity index (χ3n) is 5.17. The number of rotatable bonds is 4. The highest BCUT2D eigenvalue weighted by molar-refractivity contribution is 5.79. The summed E-state index contributed by atoms with van der Waals surface area (Å²) in [5.74, 6) is -0.334. The smallest absolute Gasteiger partial charge is 0.317 e. The normalized spacial score (nSPS) is 25.2. The number of carboxylic acid groups (broad SMARTS) is 1. The SMILES string of the molecule is Cc1ccccc1C(NC(=O)N1CCC(C)(C(=O)O)C1)C1CC1. The average Bonchev–Trinajstić information content (AvgIpc) is 3.27. The summed E-state index contributed by atoms with van der Waals surface area (Å²) in [5.41, 5.74) is 1.53. The van der Waals surface area contributed by atoms with E-state index in [1.807, 2.05) is 12.1 Å². The molecule has 0 aromatic heterocycles. The van der Waals surface area contributed by atoms with Gasteiger partial charge < -0.3 is 15.3 Å². The molecular weight excluding hydrogens is 292 g/mol. The van der Waals surface area contributed by atoms with Gasteiger partial charge in [-0.25, -0.2) is 4.79 Å². The highest BCUT2D eigenvalue weighted by Gasteiger charge is 2.43. The summed E-state index contributed by atoms with van der Waals surface area (Å²) in [6, 6.07) is 8.03. The van der Waals surface area contributed by atoms with Crippen LogP contribution in [0.3, 0.4) is 0 Å². The number of aryl methyl sites for hydroxylation is 1. The second-order valence-corrected chi connectivity index (χ2v) is 7.16. The van der Waals surface area contributed by atoms with Gasteiger partial charge in [0.05, 0.1) is 11.5 Å². The van der Waals surface area contributed by atoms with Crippen LogP contribution in [0.2, 0.25) is 0 Å². The molecular formula is C18H24N2O3. The molecule has 2 N–H and O–H groups in total. The van der Waals surface area contributed by atoms with Gasteiger partial charge in [0, 0.05) is 13.1 Å². The van der Waals surface area contributed by atoms with Gasteiger partial charge in [-0.15, -0.1) is 0 Å². The Balaban J connectivity index is 1.71. The van der Waals surface area contributed by atoms with Gasteiger partial charge in [-0.05, 0) is 50.2 Å². The number of urea groups is 1. The molecule has 1 saturated carbocycles. The molecule has 0 spiro atoms. The van der Waals surface area contributed by atoms with Crippen molar-refractivity contribution in [1.29, 1.82) is 0 Å². The molecule has 124 valence electrons. The standard InChI is InChI=1S/C18H24N2O3/c1-12-5-3-4-6-14(12)15(13-7-8-13)19-17(23)20-10-9-18(2,11-20)16(21)22/h3-6,13,15H,7-11H2,1-2H3,(H,19,23)(H,21,22). The topological polar surface area (TPSA) is 69.6 Å². The average molecular weight is 316 g/mol. The molecule has 1 aliphatic carbocycles. The summed E-state index contributed by atoms with van der Waals surface area (Å²) in [4.78, 5) is 25.6. The lowest BCUT2D eigenvalue weighted by molar-refractivity contribution is -0.147. The van der Waals surface area contributed by atoms with Crippen molar-refractivity contribution in [3.05, 3.63) is 35.4 Å². The molecule has 2 amide bonds. The minimum atomic E-state index is -0.828. The Kier molecular flexibility index (Phi) is 4.04. The van der Waals surface area contributed by atoms with Crippen molar-refractivity contribution in [3.8, 4) is 0 Å². The maximum atomic E-state index is 12.6. The number of amides is 2. The summed E-state index contributed by atoms with van der Waals surface area (Å²) in [7, 11) is 0. The molecule has 2 atom stereocenters. The lowest BCUT2D eigenvalue weighted by Gasteiger charge is -2.25. The first-order chi connectivity index (χ1) is 10.9. The molecule has 2 aliphatic rings. The molecule has 0 bridgehead atoms. The number of carboxylic acids is 1. The number of likely N-dealkylation sites (tertiary alicyclic amines) is 1. The predicted molar refractivity (Wildman–Crippen MR) is 87.1 cm³/mol. The largest absolute Gasteiger partial charge is 0.481 e. The minimum Gasteiger partial charge on any atom is -0.481 e. The number of carbonyl (C=O) groups excluding carboxylic acids is 1. The quantitative estimate of drug-likeness (QED) is 0.897. The molecule has 2 fully saturated rings. The van der Waals surface area contributed by atoms with Gasteiger partial charge in [0.25, 0.3) is 0 Å². The Morgan fingerprint density at radius 3 is 2.61 bits per heavy atom. The molecule has 1 aliphatic heterocycles. The Morgan fingerprint density at radius 2 is 2.04 bits per heavy atom. The summed E-state index contributed by atoms with van der Waals surface area (Å²) in [5, 5.41) is 12.5. The molecule has 1 aromatic carbocycles. The summed E-state index contributed by atoms with van der Waals surface area (Å²) in [6.45, 7) is 4.55. The van der Waals surface area contributed by atoms with E-state index < -0.39 is 11.4 Å². The van der Waals surface area contributed by atoms with Crippen LogP contribution in [0.25, 0.3) is 0 Å². The lowest BCUT2D eigenvalue weighted by atomic mass is 9.90. The van der Waals surface area contributed by atoms with Crippen molar-refractivity contribution in [2.24, 2.45) is 11.3 Å². The Labute approximate surface area is 136 Å². The van der Waals surface area contributed by atoms with E-state index in [-0.39, 0.29) is 18.6 Å². The fraction of sp³-hybridized carbons (Fsp3) is 0.556. The van der Waals surface area contributed by atoms with E-state index in [9.17, 15) is 14.7 Å². The molecule has 1 saturated heterocycles. The first-order valence-corrected chi connectivity index (χ1v) is 8.25. The summed E-state index contributed by atoms with van der Waals surface area (Å²) >= 11 is 0. The second-order valence-electron chi connectivity index (χ2n) is 7.16. The first kappa shape index (κ1) is 15.8. The number of aliphatic carboxylic acids is 1. The van der Waals surface area contributed by atoms with Gasteiger partial charge >= 0.3 is 12.0 Å². The summed E-state index contributed by atoms with van der Waals surface area (Å²) < 4.78 is 0. The van der Waals surface area contributed by atoms with Gasteiger partial charge in [0.15, 0.2) is 0 Å². The van der Waals surface area contributed by atoms with Crippen molar-refractivity contribution in [2.45, 2.75) is 39.2 Å². The van der Waals surface area contributed by atoms with Crippen LogP contribution < -0.4 is 5.32 Å². The Bertz CT molecular complexity index is 626. The molecule has 5 heteroatoms. The third kappa shape index (κ3) is 3.19. The van der Waals surface area contributed by atoms with Crippen LogP contribution in [0.5, 0.6) is 0 Å². The maximum Gasteiger partial charge on any atom is 0.317 e. The predicted octanol–water partition coefficient (Wildman–Crippen LogP) is 2.95. The van der Waals surface area contributed by atoms with Crippen molar-refractivity contribution >= 4 is 12.0 Å². The number of hydrogen-bond acceptors (Lipinski definition) is 2. The van der Waals surface area contributed by atoms with Gasteiger partial charge in [-0.2, -0.15) is 0 Å². The molecule has 23 heavy (non-hydrogen) atoms. The number of nitrogens with one attached hydrogen (secondary N) is 1. The number of hydrogen-bond donors (Lipinski definition) is 2.